The molecule has 0 radical (unpaired) electrons. The number of carbonyl (C=O) groups is 1. The van der Waals surface area contributed by atoms with Crippen LogP contribution in [0.3, 0.4) is 0 Å². The van der Waals surface area contributed by atoms with Crippen molar-refractivity contribution in [3.05, 3.63) is 24.0 Å². The maximum Gasteiger partial charge on any atom is 0.244 e. The second-order valence-electron chi connectivity index (χ2n) is 4.45. The lowest BCUT2D eigenvalue weighted by Crippen LogP contribution is -2.37. The lowest BCUT2D eigenvalue weighted by atomic mass is 10.2. The number of hydrogen-bond acceptors (Lipinski definition) is 5. The first-order valence-electron chi connectivity index (χ1n) is 6.16. The third kappa shape index (κ3) is 3.53. The molecule has 0 bridgehead atoms. The first kappa shape index (κ1) is 16.5. The van der Waals surface area contributed by atoms with Crippen molar-refractivity contribution in [2.75, 3.05) is 20.6 Å². The van der Waals surface area contributed by atoms with Crippen LogP contribution in [0.1, 0.15) is 12.6 Å². The zero-order chi connectivity index (χ0) is 15.3. The number of nitrogens with one attached hydrogen (secondary N) is 1. The topological polar surface area (TPSA) is 105 Å². The molecule has 0 aromatic carbocycles. The quantitative estimate of drug-likeness (QED) is 0.740. The standard InChI is InChI=1S/C12H20N4O3S/c1-9(12(17)14-2)8-16(3)20(18,19)11-5-4-6-15-10(11)7-13/h4-6,9H,7-8,13H2,1-3H3,(H,14,17). The first-order valence-corrected chi connectivity index (χ1v) is 7.60. The van der Waals surface area contributed by atoms with Gasteiger partial charge in [0.15, 0.2) is 0 Å². The Kier molecular flexibility index (Phi) is 5.61. The molecule has 8 heteroatoms. The number of carbonyl (C=O) groups excluding carboxylic acids is 1. The number of amides is 1. The molecule has 0 saturated heterocycles. The number of sulfonamides is 1. The number of hydrogen-bond donors (Lipinski definition) is 2. The Labute approximate surface area is 119 Å². The summed E-state index contributed by atoms with van der Waals surface area (Å²) in [6.45, 7) is 1.78. The average molecular weight is 300 g/mol. The van der Waals surface area contributed by atoms with Gasteiger partial charge in [0.2, 0.25) is 15.9 Å². The summed E-state index contributed by atoms with van der Waals surface area (Å²) in [5.41, 5.74) is 5.82. The molecule has 1 amide bonds. The number of nitrogens with two attached hydrogens (primary N) is 1. The molecule has 1 heterocycles. The Balaban J connectivity index is 3.01. The largest absolute Gasteiger partial charge is 0.359 e. The fraction of sp³-hybridized carbons (Fsp3) is 0.500. The normalized spacial score (nSPS) is 13.2. The molecule has 112 valence electrons. The molecule has 7 nitrogen and oxygen atoms in total. The van der Waals surface area contributed by atoms with Crippen molar-refractivity contribution in [1.29, 1.82) is 0 Å². The summed E-state index contributed by atoms with van der Waals surface area (Å²) >= 11 is 0. The van der Waals surface area contributed by atoms with Crippen LogP contribution in [0.2, 0.25) is 0 Å². The molecule has 0 fully saturated rings. The number of aromatic nitrogens is 1. The van der Waals surface area contributed by atoms with Crippen molar-refractivity contribution >= 4 is 15.9 Å². The van der Waals surface area contributed by atoms with Crippen molar-refractivity contribution in [3.8, 4) is 0 Å². The van der Waals surface area contributed by atoms with Crippen LogP contribution in [0.5, 0.6) is 0 Å². The van der Waals surface area contributed by atoms with E-state index in [1.807, 2.05) is 0 Å². The third-order valence-electron chi connectivity index (χ3n) is 2.95. The predicted molar refractivity (Wildman–Crippen MR) is 75.2 cm³/mol. The van der Waals surface area contributed by atoms with E-state index in [9.17, 15) is 13.2 Å². The van der Waals surface area contributed by atoms with E-state index in [2.05, 4.69) is 10.3 Å². The average Bonchev–Trinajstić information content (AvgIpc) is 2.45. The molecule has 1 rings (SSSR count). The van der Waals surface area contributed by atoms with Gasteiger partial charge in [0, 0.05) is 39.3 Å². The Morgan fingerprint density at radius 2 is 2.20 bits per heavy atom. The Morgan fingerprint density at radius 3 is 2.75 bits per heavy atom. The van der Waals surface area contributed by atoms with E-state index in [1.54, 1.807) is 13.0 Å². The smallest absolute Gasteiger partial charge is 0.244 e. The fourth-order valence-electron chi connectivity index (χ4n) is 1.79. The summed E-state index contributed by atoms with van der Waals surface area (Å²) in [7, 11) is -0.760. The van der Waals surface area contributed by atoms with Gasteiger partial charge in [-0.3, -0.25) is 9.78 Å². The van der Waals surface area contributed by atoms with Crippen LogP contribution in [0.4, 0.5) is 0 Å². The molecule has 0 spiro atoms. The summed E-state index contributed by atoms with van der Waals surface area (Å²) in [6, 6.07) is 3.01. The van der Waals surface area contributed by atoms with E-state index in [1.165, 1.54) is 26.4 Å². The highest BCUT2D eigenvalue weighted by Crippen LogP contribution is 2.18. The maximum absolute atomic E-state index is 12.5. The van der Waals surface area contributed by atoms with Gasteiger partial charge in [-0.25, -0.2) is 12.7 Å². The van der Waals surface area contributed by atoms with Gasteiger partial charge in [0.1, 0.15) is 4.90 Å². The molecule has 0 aliphatic carbocycles. The van der Waals surface area contributed by atoms with Crippen LogP contribution < -0.4 is 11.1 Å². The van der Waals surface area contributed by atoms with E-state index < -0.39 is 15.9 Å². The van der Waals surface area contributed by atoms with Gasteiger partial charge in [-0.05, 0) is 12.1 Å². The third-order valence-corrected chi connectivity index (χ3v) is 4.85. The van der Waals surface area contributed by atoms with E-state index in [-0.39, 0.29) is 23.9 Å². The van der Waals surface area contributed by atoms with E-state index in [0.29, 0.717) is 5.69 Å². The number of nitrogens with zero attached hydrogens (tertiary/aromatic N) is 2. The molecule has 1 aromatic heterocycles. The summed E-state index contributed by atoms with van der Waals surface area (Å²) < 4.78 is 26.1. The minimum absolute atomic E-state index is 0.0360. The Bertz CT molecular complexity index is 574. The summed E-state index contributed by atoms with van der Waals surface area (Å²) in [5.74, 6) is -0.657. The Morgan fingerprint density at radius 1 is 1.55 bits per heavy atom. The lowest BCUT2D eigenvalue weighted by molar-refractivity contribution is -0.124. The molecule has 0 saturated carbocycles. The molecule has 20 heavy (non-hydrogen) atoms. The van der Waals surface area contributed by atoms with Crippen molar-refractivity contribution < 1.29 is 13.2 Å². The second kappa shape index (κ2) is 6.78. The maximum atomic E-state index is 12.5. The van der Waals surface area contributed by atoms with Crippen LogP contribution in [-0.2, 0) is 21.4 Å². The van der Waals surface area contributed by atoms with Crippen LogP contribution in [0, 0.1) is 5.92 Å². The molecule has 1 aromatic rings. The van der Waals surface area contributed by atoms with Crippen molar-refractivity contribution in [2.24, 2.45) is 11.7 Å². The van der Waals surface area contributed by atoms with Crippen LogP contribution >= 0.6 is 0 Å². The highest BCUT2D eigenvalue weighted by Gasteiger charge is 2.26. The summed E-state index contributed by atoms with van der Waals surface area (Å²) in [5, 5.41) is 2.49. The molecular weight excluding hydrogens is 280 g/mol. The van der Waals surface area contributed by atoms with Gasteiger partial charge in [0.05, 0.1) is 5.69 Å². The number of pyridine rings is 1. The fourth-order valence-corrected chi connectivity index (χ4v) is 3.23. The van der Waals surface area contributed by atoms with E-state index in [0.717, 1.165) is 4.31 Å². The minimum Gasteiger partial charge on any atom is -0.359 e. The predicted octanol–water partition coefficient (Wildman–Crippen LogP) is -0.457. The van der Waals surface area contributed by atoms with Crippen molar-refractivity contribution in [3.63, 3.8) is 0 Å². The van der Waals surface area contributed by atoms with Crippen LogP contribution in [0.25, 0.3) is 0 Å². The minimum atomic E-state index is -3.71. The molecule has 3 N–H and O–H groups in total. The molecule has 1 atom stereocenters. The first-order chi connectivity index (χ1) is 9.34. The van der Waals surface area contributed by atoms with Crippen LogP contribution in [0.15, 0.2) is 23.2 Å². The second-order valence-corrected chi connectivity index (χ2v) is 6.47. The summed E-state index contributed by atoms with van der Waals surface area (Å²) in [4.78, 5) is 15.5. The van der Waals surface area contributed by atoms with Gasteiger partial charge in [-0.15, -0.1) is 0 Å². The van der Waals surface area contributed by atoms with Crippen molar-refractivity contribution in [2.45, 2.75) is 18.4 Å². The lowest BCUT2D eigenvalue weighted by Gasteiger charge is -2.21. The van der Waals surface area contributed by atoms with E-state index in [4.69, 9.17) is 5.73 Å². The Hall–Kier alpha value is -1.51. The van der Waals surface area contributed by atoms with E-state index >= 15 is 0 Å². The zero-order valence-electron chi connectivity index (χ0n) is 11.8. The number of rotatable bonds is 6. The zero-order valence-corrected chi connectivity index (χ0v) is 12.6. The van der Waals surface area contributed by atoms with Gasteiger partial charge in [-0.1, -0.05) is 6.92 Å². The summed E-state index contributed by atoms with van der Waals surface area (Å²) in [6.07, 6.45) is 1.49. The van der Waals surface area contributed by atoms with Gasteiger partial charge < -0.3 is 11.1 Å². The molecule has 0 aliphatic rings. The molecule has 1 unspecified atom stereocenters. The highest BCUT2D eigenvalue weighted by atomic mass is 32.2. The molecule has 0 aliphatic heterocycles. The van der Waals surface area contributed by atoms with Crippen molar-refractivity contribution in [1.82, 2.24) is 14.6 Å². The van der Waals surface area contributed by atoms with Gasteiger partial charge in [-0.2, -0.15) is 0 Å². The van der Waals surface area contributed by atoms with Crippen LogP contribution in [-0.4, -0.2) is 44.3 Å². The molecular formula is C12H20N4O3S. The monoisotopic (exact) mass is 300 g/mol. The van der Waals surface area contributed by atoms with Gasteiger partial charge >= 0.3 is 0 Å². The van der Waals surface area contributed by atoms with Gasteiger partial charge in [0.25, 0.3) is 0 Å². The SMILES string of the molecule is CNC(=O)C(C)CN(C)S(=O)(=O)c1cccnc1CN. The highest BCUT2D eigenvalue weighted by molar-refractivity contribution is 7.89.